The SMILES string of the molecule is Cc1cc(OCC(=O)OCC(=O)Nc2cc(Cl)ccc2C#N)no1. The molecular weight excluding hydrogens is 338 g/mol. The fourth-order valence-corrected chi connectivity index (χ4v) is 1.81. The number of nitrogens with zero attached hydrogens (tertiary/aromatic N) is 2. The summed E-state index contributed by atoms with van der Waals surface area (Å²) in [6.45, 7) is 0.727. The van der Waals surface area contributed by atoms with Crippen molar-refractivity contribution < 1.29 is 23.6 Å². The van der Waals surface area contributed by atoms with E-state index in [9.17, 15) is 9.59 Å². The van der Waals surface area contributed by atoms with Gasteiger partial charge in [0.15, 0.2) is 13.2 Å². The van der Waals surface area contributed by atoms with Gasteiger partial charge >= 0.3 is 5.97 Å². The van der Waals surface area contributed by atoms with Gasteiger partial charge < -0.3 is 19.3 Å². The van der Waals surface area contributed by atoms with Gasteiger partial charge in [-0.1, -0.05) is 11.6 Å². The predicted molar refractivity (Wildman–Crippen MR) is 82.5 cm³/mol. The van der Waals surface area contributed by atoms with Gasteiger partial charge in [0.05, 0.1) is 11.3 Å². The van der Waals surface area contributed by atoms with Gasteiger partial charge in [-0.2, -0.15) is 5.26 Å². The standard InChI is InChI=1S/C15H12ClN3O5/c1-9-4-14(19-24-9)22-8-15(21)23-7-13(20)18-12-5-11(16)3-2-10(12)6-17/h2-5H,7-8H2,1H3,(H,18,20). The number of anilines is 1. The van der Waals surface area contributed by atoms with Crippen molar-refractivity contribution in [3.05, 3.63) is 40.6 Å². The van der Waals surface area contributed by atoms with Gasteiger partial charge in [0.25, 0.3) is 11.8 Å². The maximum atomic E-state index is 11.8. The molecule has 1 amide bonds. The van der Waals surface area contributed by atoms with Gasteiger partial charge in [-0.15, -0.1) is 0 Å². The molecule has 0 aliphatic rings. The topological polar surface area (TPSA) is 114 Å². The second-order valence-electron chi connectivity index (χ2n) is 4.58. The number of nitriles is 1. The molecule has 0 aliphatic carbocycles. The zero-order valence-corrected chi connectivity index (χ0v) is 13.3. The molecule has 8 nitrogen and oxygen atoms in total. The molecule has 1 aromatic carbocycles. The molecule has 0 bridgehead atoms. The van der Waals surface area contributed by atoms with Crippen LogP contribution in [0.4, 0.5) is 5.69 Å². The van der Waals surface area contributed by atoms with Crippen LogP contribution in [-0.4, -0.2) is 30.2 Å². The number of amides is 1. The zero-order chi connectivity index (χ0) is 17.5. The smallest absolute Gasteiger partial charge is 0.344 e. The van der Waals surface area contributed by atoms with Crippen molar-refractivity contribution in [1.29, 1.82) is 5.26 Å². The first-order valence-electron chi connectivity index (χ1n) is 6.69. The number of esters is 1. The lowest BCUT2D eigenvalue weighted by atomic mass is 10.2. The average Bonchev–Trinajstić information content (AvgIpc) is 2.97. The summed E-state index contributed by atoms with van der Waals surface area (Å²) < 4.78 is 14.5. The lowest BCUT2D eigenvalue weighted by Gasteiger charge is -2.08. The average molecular weight is 350 g/mol. The van der Waals surface area contributed by atoms with E-state index in [1.54, 1.807) is 6.92 Å². The van der Waals surface area contributed by atoms with Crippen molar-refractivity contribution in [3.63, 3.8) is 0 Å². The van der Waals surface area contributed by atoms with Crippen molar-refractivity contribution in [3.8, 4) is 11.9 Å². The van der Waals surface area contributed by atoms with Crippen LogP contribution >= 0.6 is 11.6 Å². The Balaban J connectivity index is 1.79. The van der Waals surface area contributed by atoms with E-state index in [0.717, 1.165) is 0 Å². The van der Waals surface area contributed by atoms with Crippen LogP contribution in [0.5, 0.6) is 5.88 Å². The van der Waals surface area contributed by atoms with Crippen LogP contribution in [0.1, 0.15) is 11.3 Å². The van der Waals surface area contributed by atoms with Crippen LogP contribution < -0.4 is 10.1 Å². The van der Waals surface area contributed by atoms with Gasteiger partial charge in [-0.05, 0) is 30.3 Å². The van der Waals surface area contributed by atoms with Crippen molar-refractivity contribution in [2.24, 2.45) is 0 Å². The normalized spacial score (nSPS) is 9.88. The van der Waals surface area contributed by atoms with Gasteiger partial charge in [-0.25, -0.2) is 4.79 Å². The molecule has 0 spiro atoms. The predicted octanol–water partition coefficient (Wildman–Crippen LogP) is 2.07. The Morgan fingerprint density at radius 2 is 2.17 bits per heavy atom. The number of benzene rings is 1. The summed E-state index contributed by atoms with van der Waals surface area (Å²) in [6.07, 6.45) is 0. The van der Waals surface area contributed by atoms with Crippen molar-refractivity contribution in [2.45, 2.75) is 6.92 Å². The molecule has 2 aromatic rings. The minimum atomic E-state index is -0.752. The number of hydrogen-bond donors (Lipinski definition) is 1. The number of carbonyl (C=O) groups is 2. The van der Waals surface area contributed by atoms with Crippen LogP contribution in [0.25, 0.3) is 0 Å². The lowest BCUT2D eigenvalue weighted by molar-refractivity contribution is -0.149. The Hall–Kier alpha value is -3.05. The van der Waals surface area contributed by atoms with E-state index in [2.05, 4.69) is 10.5 Å². The molecule has 1 heterocycles. The number of aromatic nitrogens is 1. The van der Waals surface area contributed by atoms with Crippen LogP contribution in [0.3, 0.4) is 0 Å². The molecule has 2 rings (SSSR count). The van der Waals surface area contributed by atoms with Crippen LogP contribution in [0.2, 0.25) is 5.02 Å². The van der Waals surface area contributed by atoms with Crippen LogP contribution in [0.15, 0.2) is 28.8 Å². The Bertz CT molecular complexity index is 797. The third kappa shape index (κ3) is 5.00. The fraction of sp³-hybridized carbons (Fsp3) is 0.200. The van der Waals surface area contributed by atoms with Gasteiger partial charge in [0.1, 0.15) is 11.8 Å². The molecule has 9 heteroatoms. The first-order chi connectivity index (χ1) is 11.5. The fourth-order valence-electron chi connectivity index (χ4n) is 1.64. The molecule has 0 radical (unpaired) electrons. The van der Waals surface area contributed by atoms with E-state index < -0.39 is 25.1 Å². The summed E-state index contributed by atoms with van der Waals surface area (Å²) >= 11 is 5.81. The Morgan fingerprint density at radius 3 is 2.83 bits per heavy atom. The number of halogens is 1. The summed E-state index contributed by atoms with van der Waals surface area (Å²) in [5.74, 6) is -0.684. The Kier molecular flexibility index (Phi) is 5.76. The summed E-state index contributed by atoms with van der Waals surface area (Å²) in [4.78, 5) is 23.3. The number of nitrogens with one attached hydrogen (secondary N) is 1. The molecule has 1 aromatic heterocycles. The highest BCUT2D eigenvalue weighted by Crippen LogP contribution is 2.20. The van der Waals surface area contributed by atoms with E-state index in [-0.39, 0.29) is 17.1 Å². The second kappa shape index (κ2) is 7.99. The number of ether oxygens (including phenoxy) is 2. The summed E-state index contributed by atoms with van der Waals surface area (Å²) in [5.41, 5.74) is 0.476. The third-order valence-electron chi connectivity index (χ3n) is 2.68. The number of carbonyl (C=O) groups excluding carboxylic acids is 2. The molecule has 1 N–H and O–H groups in total. The molecule has 0 unspecified atom stereocenters. The highest BCUT2D eigenvalue weighted by atomic mass is 35.5. The van der Waals surface area contributed by atoms with E-state index in [4.69, 9.17) is 30.9 Å². The van der Waals surface area contributed by atoms with E-state index in [1.165, 1.54) is 24.3 Å². The lowest BCUT2D eigenvalue weighted by Crippen LogP contribution is -2.24. The van der Waals surface area contributed by atoms with Crippen molar-refractivity contribution >= 4 is 29.2 Å². The number of rotatable bonds is 6. The third-order valence-corrected chi connectivity index (χ3v) is 2.92. The van der Waals surface area contributed by atoms with Crippen molar-refractivity contribution in [2.75, 3.05) is 18.5 Å². The molecule has 24 heavy (non-hydrogen) atoms. The van der Waals surface area contributed by atoms with E-state index in [1.807, 2.05) is 6.07 Å². The van der Waals surface area contributed by atoms with Gasteiger partial charge in [0.2, 0.25) is 0 Å². The molecule has 0 aliphatic heterocycles. The maximum absolute atomic E-state index is 11.8. The Labute approximate surface area is 141 Å². The molecule has 0 saturated carbocycles. The minimum absolute atomic E-state index is 0.145. The van der Waals surface area contributed by atoms with Crippen LogP contribution in [0, 0.1) is 18.3 Å². The second-order valence-corrected chi connectivity index (χ2v) is 5.01. The summed E-state index contributed by atoms with van der Waals surface area (Å²) in [6, 6.07) is 7.84. The number of hydrogen-bond acceptors (Lipinski definition) is 7. The van der Waals surface area contributed by atoms with Gasteiger partial charge in [0, 0.05) is 11.1 Å². The quantitative estimate of drug-likeness (QED) is 0.794. The summed E-state index contributed by atoms with van der Waals surface area (Å²) in [5, 5.41) is 15.3. The highest BCUT2D eigenvalue weighted by molar-refractivity contribution is 6.31. The van der Waals surface area contributed by atoms with Crippen molar-refractivity contribution in [1.82, 2.24) is 5.16 Å². The van der Waals surface area contributed by atoms with Crippen LogP contribution in [-0.2, 0) is 14.3 Å². The minimum Gasteiger partial charge on any atom is -0.463 e. The molecule has 0 atom stereocenters. The molecule has 0 fully saturated rings. The number of aryl methyl sites for hydroxylation is 1. The zero-order valence-electron chi connectivity index (χ0n) is 12.5. The largest absolute Gasteiger partial charge is 0.463 e. The molecular formula is C15H12ClN3O5. The first-order valence-corrected chi connectivity index (χ1v) is 7.07. The Morgan fingerprint density at radius 1 is 1.38 bits per heavy atom. The molecule has 0 saturated heterocycles. The van der Waals surface area contributed by atoms with E-state index in [0.29, 0.717) is 10.8 Å². The van der Waals surface area contributed by atoms with E-state index >= 15 is 0 Å². The first kappa shape index (κ1) is 17.3. The monoisotopic (exact) mass is 349 g/mol. The van der Waals surface area contributed by atoms with Gasteiger partial charge in [-0.3, -0.25) is 4.79 Å². The molecule has 124 valence electrons. The maximum Gasteiger partial charge on any atom is 0.344 e. The summed E-state index contributed by atoms with van der Waals surface area (Å²) in [7, 11) is 0. The highest BCUT2D eigenvalue weighted by Gasteiger charge is 2.12.